The molecule has 1 N–H and O–H groups in total. The van der Waals surface area contributed by atoms with Crippen LogP contribution in [0.4, 0.5) is 10.2 Å². The summed E-state index contributed by atoms with van der Waals surface area (Å²) in [6, 6.07) is 8.99. The highest BCUT2D eigenvalue weighted by Gasteiger charge is 2.28. The quantitative estimate of drug-likeness (QED) is 0.850. The number of anilines is 1. The van der Waals surface area contributed by atoms with Crippen LogP contribution in [0.2, 0.25) is 0 Å². The number of methoxy groups -OCH3 is 1. The molecule has 0 amide bonds. The Morgan fingerprint density at radius 1 is 1.23 bits per heavy atom. The summed E-state index contributed by atoms with van der Waals surface area (Å²) >= 11 is 0. The third-order valence-corrected chi connectivity index (χ3v) is 4.81. The van der Waals surface area contributed by atoms with Crippen LogP contribution in [0.5, 0.6) is 5.75 Å². The maximum absolute atomic E-state index is 14.3. The highest BCUT2D eigenvalue weighted by atomic mass is 19.1. The maximum atomic E-state index is 14.3. The average molecular weight is 360 g/mol. The van der Waals surface area contributed by atoms with Gasteiger partial charge >= 0.3 is 0 Å². The molecule has 1 aromatic carbocycles. The second kappa shape index (κ2) is 8.42. The SMILES string of the molecule is COc1ccc(CN2CCN(c3ccc(C)nn3)CC2CCO)c(F)c1. The van der Waals surface area contributed by atoms with Gasteiger partial charge in [-0.3, -0.25) is 4.90 Å². The molecule has 1 fully saturated rings. The summed E-state index contributed by atoms with van der Waals surface area (Å²) in [6.07, 6.45) is 0.633. The Labute approximate surface area is 153 Å². The Morgan fingerprint density at radius 3 is 2.73 bits per heavy atom. The van der Waals surface area contributed by atoms with E-state index >= 15 is 0 Å². The largest absolute Gasteiger partial charge is 0.497 e. The number of piperazine rings is 1. The van der Waals surface area contributed by atoms with Gasteiger partial charge in [-0.2, -0.15) is 5.10 Å². The first-order valence-electron chi connectivity index (χ1n) is 8.83. The molecule has 1 aliphatic rings. The lowest BCUT2D eigenvalue weighted by Gasteiger charge is -2.41. The molecule has 2 heterocycles. The number of aryl methyl sites for hydroxylation is 1. The molecule has 1 atom stereocenters. The van der Waals surface area contributed by atoms with Crippen LogP contribution in [0.15, 0.2) is 30.3 Å². The van der Waals surface area contributed by atoms with Crippen molar-refractivity contribution in [1.82, 2.24) is 15.1 Å². The summed E-state index contributed by atoms with van der Waals surface area (Å²) in [4.78, 5) is 4.40. The van der Waals surface area contributed by atoms with E-state index in [1.54, 1.807) is 12.1 Å². The van der Waals surface area contributed by atoms with E-state index in [2.05, 4.69) is 20.0 Å². The minimum absolute atomic E-state index is 0.0969. The van der Waals surface area contributed by atoms with Gasteiger partial charge in [-0.1, -0.05) is 6.07 Å². The molecule has 1 aromatic heterocycles. The van der Waals surface area contributed by atoms with Crippen LogP contribution in [-0.4, -0.2) is 59.6 Å². The van der Waals surface area contributed by atoms with E-state index in [9.17, 15) is 9.50 Å². The van der Waals surface area contributed by atoms with E-state index in [4.69, 9.17) is 4.74 Å². The first-order valence-corrected chi connectivity index (χ1v) is 8.83. The Bertz CT molecular complexity index is 726. The fourth-order valence-electron chi connectivity index (χ4n) is 3.29. The average Bonchev–Trinajstić information content (AvgIpc) is 2.65. The molecule has 0 aliphatic carbocycles. The number of hydrogen-bond acceptors (Lipinski definition) is 6. The molecule has 1 aliphatic heterocycles. The van der Waals surface area contributed by atoms with Crippen molar-refractivity contribution in [1.29, 1.82) is 0 Å². The van der Waals surface area contributed by atoms with Gasteiger partial charge in [0.1, 0.15) is 11.6 Å². The second-order valence-corrected chi connectivity index (χ2v) is 6.57. The Kier molecular flexibility index (Phi) is 6.00. The van der Waals surface area contributed by atoms with E-state index in [0.717, 1.165) is 31.1 Å². The first kappa shape index (κ1) is 18.5. The van der Waals surface area contributed by atoms with Crippen LogP contribution in [0.3, 0.4) is 0 Å². The molecular formula is C19H25FN4O2. The molecule has 0 bridgehead atoms. The van der Waals surface area contributed by atoms with Crippen molar-refractivity contribution in [3.63, 3.8) is 0 Å². The topological polar surface area (TPSA) is 61.7 Å². The summed E-state index contributed by atoms with van der Waals surface area (Å²) in [6.45, 7) is 4.81. The number of aromatic nitrogens is 2. The van der Waals surface area contributed by atoms with Crippen LogP contribution in [0, 0.1) is 12.7 Å². The van der Waals surface area contributed by atoms with Crippen molar-refractivity contribution in [2.75, 3.05) is 38.3 Å². The fourth-order valence-corrected chi connectivity index (χ4v) is 3.29. The van der Waals surface area contributed by atoms with Gasteiger partial charge in [0, 0.05) is 50.5 Å². The van der Waals surface area contributed by atoms with Gasteiger partial charge in [0.2, 0.25) is 0 Å². The van der Waals surface area contributed by atoms with E-state index in [1.807, 2.05) is 19.1 Å². The first-order chi connectivity index (χ1) is 12.6. The van der Waals surface area contributed by atoms with Crippen LogP contribution < -0.4 is 9.64 Å². The molecule has 26 heavy (non-hydrogen) atoms. The Hall–Kier alpha value is -2.25. The number of ether oxygens (including phenoxy) is 1. The Balaban J connectivity index is 1.71. The smallest absolute Gasteiger partial charge is 0.151 e. The third kappa shape index (κ3) is 4.28. The normalized spacial score (nSPS) is 18.2. The van der Waals surface area contributed by atoms with Crippen LogP contribution >= 0.6 is 0 Å². The van der Waals surface area contributed by atoms with Gasteiger partial charge in [-0.05, 0) is 31.5 Å². The van der Waals surface area contributed by atoms with Gasteiger partial charge in [0.15, 0.2) is 5.82 Å². The minimum atomic E-state index is -0.265. The zero-order chi connectivity index (χ0) is 18.5. The van der Waals surface area contributed by atoms with Gasteiger partial charge in [0.05, 0.1) is 12.8 Å². The van der Waals surface area contributed by atoms with Crippen molar-refractivity contribution in [2.24, 2.45) is 0 Å². The van der Waals surface area contributed by atoms with Gasteiger partial charge < -0.3 is 14.7 Å². The molecule has 1 unspecified atom stereocenters. The summed E-state index contributed by atoms with van der Waals surface area (Å²) in [5, 5.41) is 17.8. The van der Waals surface area contributed by atoms with E-state index in [-0.39, 0.29) is 18.5 Å². The van der Waals surface area contributed by atoms with E-state index < -0.39 is 0 Å². The predicted molar refractivity (Wildman–Crippen MR) is 97.8 cm³/mol. The Morgan fingerprint density at radius 2 is 2.08 bits per heavy atom. The lowest BCUT2D eigenvalue weighted by Crippen LogP contribution is -2.53. The number of benzene rings is 1. The zero-order valence-electron chi connectivity index (χ0n) is 15.2. The maximum Gasteiger partial charge on any atom is 0.151 e. The molecule has 6 nitrogen and oxygen atoms in total. The molecule has 140 valence electrons. The number of nitrogens with zero attached hydrogens (tertiary/aromatic N) is 4. The lowest BCUT2D eigenvalue weighted by molar-refractivity contribution is 0.134. The number of aliphatic hydroxyl groups excluding tert-OH is 1. The molecule has 3 rings (SSSR count). The minimum Gasteiger partial charge on any atom is -0.497 e. The van der Waals surface area contributed by atoms with E-state index in [0.29, 0.717) is 24.3 Å². The van der Waals surface area contributed by atoms with Gasteiger partial charge in [0.25, 0.3) is 0 Å². The predicted octanol–water partition coefficient (Wildman–Crippen LogP) is 2.01. The zero-order valence-corrected chi connectivity index (χ0v) is 15.2. The fraction of sp³-hybridized carbons (Fsp3) is 0.474. The number of hydrogen-bond donors (Lipinski definition) is 1. The van der Waals surface area contributed by atoms with Crippen molar-refractivity contribution in [3.8, 4) is 5.75 Å². The van der Waals surface area contributed by atoms with Crippen molar-refractivity contribution in [2.45, 2.75) is 25.9 Å². The number of halogens is 1. The van der Waals surface area contributed by atoms with Crippen molar-refractivity contribution < 1.29 is 14.2 Å². The third-order valence-electron chi connectivity index (χ3n) is 4.81. The monoisotopic (exact) mass is 360 g/mol. The van der Waals surface area contributed by atoms with Gasteiger partial charge in [-0.25, -0.2) is 4.39 Å². The van der Waals surface area contributed by atoms with Crippen LogP contribution in [-0.2, 0) is 6.54 Å². The molecule has 0 radical (unpaired) electrons. The summed E-state index contributed by atoms with van der Waals surface area (Å²) in [5.74, 6) is 1.09. The highest BCUT2D eigenvalue weighted by Crippen LogP contribution is 2.23. The molecule has 0 spiro atoms. The van der Waals surface area contributed by atoms with Crippen molar-refractivity contribution in [3.05, 3.63) is 47.4 Å². The summed E-state index contributed by atoms with van der Waals surface area (Å²) in [5.41, 5.74) is 1.52. The van der Waals surface area contributed by atoms with Crippen molar-refractivity contribution >= 4 is 5.82 Å². The van der Waals surface area contributed by atoms with Crippen LogP contribution in [0.1, 0.15) is 17.7 Å². The summed E-state index contributed by atoms with van der Waals surface area (Å²) in [7, 11) is 1.53. The molecule has 7 heteroatoms. The molecule has 0 saturated carbocycles. The molecule has 1 saturated heterocycles. The number of aliphatic hydroxyl groups is 1. The highest BCUT2D eigenvalue weighted by molar-refractivity contribution is 5.38. The number of rotatable bonds is 6. The standard InChI is InChI=1S/C19H25FN4O2/c1-14-3-6-19(22-21-14)24-9-8-23(16(13-24)7-10-25)12-15-4-5-17(26-2)11-18(15)20/h3-6,11,16,25H,7-10,12-13H2,1-2H3. The molecular weight excluding hydrogens is 335 g/mol. The lowest BCUT2D eigenvalue weighted by atomic mass is 10.1. The summed E-state index contributed by atoms with van der Waals surface area (Å²) < 4.78 is 19.4. The van der Waals surface area contributed by atoms with Crippen LogP contribution in [0.25, 0.3) is 0 Å². The molecule has 2 aromatic rings. The second-order valence-electron chi connectivity index (χ2n) is 6.57. The van der Waals surface area contributed by atoms with Gasteiger partial charge in [-0.15, -0.1) is 5.10 Å². The van der Waals surface area contributed by atoms with E-state index in [1.165, 1.54) is 13.2 Å².